The van der Waals surface area contributed by atoms with E-state index in [-0.39, 0.29) is 19.4 Å². The molecule has 1 aliphatic heterocycles. The van der Waals surface area contributed by atoms with Gasteiger partial charge in [0.25, 0.3) is 5.91 Å². The lowest BCUT2D eigenvalue weighted by Crippen LogP contribution is -2.69. The third kappa shape index (κ3) is 5.11. The number of carboxylic acid groups (broad SMARTS) is 1. The van der Waals surface area contributed by atoms with E-state index < -0.39 is 52.5 Å². The highest BCUT2D eigenvalue weighted by atomic mass is 16.5. The number of rotatable bonds is 9. The first-order valence-electron chi connectivity index (χ1n) is 14.4. The number of hydrogen-bond donors (Lipinski definition) is 4. The van der Waals surface area contributed by atoms with E-state index in [9.17, 15) is 24.6 Å². The molecule has 5 atom stereocenters. The number of nitrogens with one attached hydrogen (secondary N) is 1. The highest BCUT2D eigenvalue weighted by Crippen LogP contribution is 2.57. The molecule has 1 saturated carbocycles. The van der Waals surface area contributed by atoms with Gasteiger partial charge in [-0.1, -0.05) is 57.2 Å². The molecule has 0 bridgehead atoms. The number of methoxy groups -OCH3 is 1. The molecule has 2 aliphatic rings. The lowest BCUT2D eigenvalue weighted by atomic mass is 9.68. The molecule has 5 unspecified atom stereocenters. The van der Waals surface area contributed by atoms with Gasteiger partial charge in [-0.15, -0.1) is 6.58 Å². The first-order chi connectivity index (χ1) is 20.8. The van der Waals surface area contributed by atoms with E-state index in [4.69, 9.17) is 20.2 Å². The van der Waals surface area contributed by atoms with Crippen molar-refractivity contribution in [1.82, 2.24) is 15.2 Å². The number of carbonyl (C=O) groups is 3. The number of nitrogens with zero attached hydrogens (tertiary/aromatic N) is 2. The number of primary amides is 1. The summed E-state index contributed by atoms with van der Waals surface area (Å²) in [6, 6.07) is 15.6. The number of ether oxygens (including phenoxy) is 2. The van der Waals surface area contributed by atoms with Crippen LogP contribution in [0, 0.1) is 11.3 Å². The van der Waals surface area contributed by atoms with Crippen molar-refractivity contribution in [3.8, 4) is 22.8 Å². The summed E-state index contributed by atoms with van der Waals surface area (Å²) < 4.78 is 11.8. The molecule has 0 spiro atoms. The highest BCUT2D eigenvalue weighted by Gasteiger charge is 2.73. The first kappa shape index (κ1) is 30.8. The van der Waals surface area contributed by atoms with Crippen LogP contribution in [0.5, 0.6) is 11.5 Å². The molecule has 2 aromatic carbocycles. The minimum Gasteiger partial charge on any atom is -0.497 e. The molecule has 5 rings (SSSR count). The van der Waals surface area contributed by atoms with Gasteiger partial charge in [-0.3, -0.25) is 14.5 Å². The number of benzene rings is 2. The highest BCUT2D eigenvalue weighted by molar-refractivity contribution is 5.92. The molecular weight excluding hydrogens is 564 g/mol. The average molecular weight is 603 g/mol. The summed E-state index contributed by atoms with van der Waals surface area (Å²) >= 11 is 0. The third-order valence-electron chi connectivity index (χ3n) is 8.89. The molecule has 2 fully saturated rings. The van der Waals surface area contributed by atoms with E-state index in [0.29, 0.717) is 28.1 Å². The SMILES string of the molecule is C=CC1CC1(NC(=O)C1CC(Oc2cc(-c3ccccc3)nc3cc(OC)ccc23)CN1C(=O)O)C(O)(C(N)=O)C(C)(C)C. The van der Waals surface area contributed by atoms with E-state index in [1.54, 1.807) is 52.2 Å². The molecule has 232 valence electrons. The van der Waals surface area contributed by atoms with Gasteiger partial charge in [0.05, 0.1) is 30.4 Å². The van der Waals surface area contributed by atoms with Gasteiger partial charge in [-0.2, -0.15) is 0 Å². The number of fused-ring (bicyclic) bond motifs is 1. The topological polar surface area (TPSA) is 164 Å². The number of aliphatic hydroxyl groups is 1. The predicted molar refractivity (Wildman–Crippen MR) is 164 cm³/mol. The number of likely N-dealkylation sites (tertiary alicyclic amines) is 1. The molecule has 5 N–H and O–H groups in total. The molecule has 3 amide bonds. The third-order valence-corrected chi connectivity index (χ3v) is 8.89. The largest absolute Gasteiger partial charge is 0.497 e. The standard InChI is InChI=1S/C33H38N4O7/c1-6-20-17-32(20,33(42,29(34)39)31(2,3)4)36-28(38)26-15-22(18-37(26)30(40)41)44-27-16-24(19-10-8-7-9-11-19)35-25-14-21(43-5)12-13-23(25)27/h6-14,16,20,22,26,42H,1,15,17-18H2,2-5H3,(H2,34,39)(H,36,38)(H,40,41). The van der Waals surface area contributed by atoms with E-state index >= 15 is 0 Å². The maximum atomic E-state index is 13.8. The molecule has 11 nitrogen and oxygen atoms in total. The minimum absolute atomic E-state index is 0.0398. The summed E-state index contributed by atoms with van der Waals surface area (Å²) in [6.45, 7) is 8.69. The Kier molecular flexibility index (Phi) is 7.79. The Morgan fingerprint density at radius 3 is 2.43 bits per heavy atom. The van der Waals surface area contributed by atoms with Crippen molar-refractivity contribution < 1.29 is 34.1 Å². The van der Waals surface area contributed by atoms with Crippen molar-refractivity contribution in [2.24, 2.45) is 17.1 Å². The number of pyridine rings is 1. The summed E-state index contributed by atoms with van der Waals surface area (Å²) in [4.78, 5) is 44.6. The summed E-state index contributed by atoms with van der Waals surface area (Å²) in [5.41, 5.74) is 3.27. The second kappa shape index (κ2) is 11.1. The van der Waals surface area contributed by atoms with Gasteiger partial charge in [0, 0.05) is 40.8 Å². The molecule has 44 heavy (non-hydrogen) atoms. The number of hydrogen-bond acceptors (Lipinski definition) is 7. The van der Waals surface area contributed by atoms with Crippen molar-refractivity contribution >= 4 is 28.8 Å². The Morgan fingerprint density at radius 1 is 1.16 bits per heavy atom. The zero-order valence-corrected chi connectivity index (χ0v) is 25.2. The molecule has 1 saturated heterocycles. The van der Waals surface area contributed by atoms with E-state index in [0.717, 1.165) is 10.5 Å². The van der Waals surface area contributed by atoms with E-state index in [1.165, 1.54) is 0 Å². The van der Waals surface area contributed by atoms with E-state index in [2.05, 4.69) is 11.9 Å². The maximum Gasteiger partial charge on any atom is 0.408 e. The van der Waals surface area contributed by atoms with Crippen LogP contribution in [0.15, 0.2) is 67.3 Å². The average Bonchev–Trinajstić information content (AvgIpc) is 3.54. The van der Waals surface area contributed by atoms with Crippen LogP contribution < -0.4 is 20.5 Å². The van der Waals surface area contributed by atoms with Gasteiger partial charge in [0.2, 0.25) is 5.91 Å². The second-order valence-electron chi connectivity index (χ2n) is 12.5. The number of nitrogens with two attached hydrogens (primary N) is 1. The van der Waals surface area contributed by atoms with Gasteiger partial charge in [-0.05, 0) is 18.6 Å². The van der Waals surface area contributed by atoms with Crippen molar-refractivity contribution in [3.05, 3.63) is 67.3 Å². The van der Waals surface area contributed by atoms with Crippen LogP contribution in [-0.4, -0.2) is 74.9 Å². The summed E-state index contributed by atoms with van der Waals surface area (Å²) in [6.07, 6.45) is -0.146. The smallest absolute Gasteiger partial charge is 0.408 e. The zero-order chi connectivity index (χ0) is 32.0. The normalized spacial score (nSPS) is 24.3. The Labute approximate surface area is 255 Å². The van der Waals surface area contributed by atoms with Crippen LogP contribution in [0.2, 0.25) is 0 Å². The lowest BCUT2D eigenvalue weighted by Gasteiger charge is -2.45. The van der Waals surface area contributed by atoms with Gasteiger partial charge in [-0.25, -0.2) is 9.78 Å². The zero-order valence-electron chi connectivity index (χ0n) is 25.2. The van der Waals surface area contributed by atoms with Crippen LogP contribution in [-0.2, 0) is 9.59 Å². The Hall–Kier alpha value is -4.64. The molecule has 1 aromatic heterocycles. The van der Waals surface area contributed by atoms with Gasteiger partial charge in [0.1, 0.15) is 23.6 Å². The first-order valence-corrected chi connectivity index (χ1v) is 14.4. The molecule has 11 heteroatoms. The summed E-state index contributed by atoms with van der Waals surface area (Å²) in [5.74, 6) is -0.969. The van der Waals surface area contributed by atoms with Crippen LogP contribution in [0.25, 0.3) is 22.2 Å². The fourth-order valence-corrected chi connectivity index (χ4v) is 6.46. The van der Waals surface area contributed by atoms with Crippen molar-refractivity contribution in [2.75, 3.05) is 13.7 Å². The molecule has 2 heterocycles. The van der Waals surface area contributed by atoms with E-state index in [1.807, 2.05) is 36.4 Å². The Balaban J connectivity index is 1.46. The Morgan fingerprint density at radius 2 is 1.86 bits per heavy atom. The quantitative estimate of drug-likeness (QED) is 0.269. The summed E-state index contributed by atoms with van der Waals surface area (Å²) in [5, 5.41) is 25.3. The monoisotopic (exact) mass is 602 g/mol. The van der Waals surface area contributed by atoms with Gasteiger partial charge < -0.3 is 30.7 Å². The number of aromatic nitrogens is 1. The van der Waals surface area contributed by atoms with Crippen LogP contribution in [0.1, 0.15) is 33.6 Å². The van der Waals surface area contributed by atoms with Crippen LogP contribution in [0.4, 0.5) is 4.79 Å². The van der Waals surface area contributed by atoms with Crippen LogP contribution in [0.3, 0.4) is 0 Å². The molecule has 1 aliphatic carbocycles. The predicted octanol–water partition coefficient (Wildman–Crippen LogP) is 3.73. The van der Waals surface area contributed by atoms with Gasteiger partial charge >= 0.3 is 6.09 Å². The van der Waals surface area contributed by atoms with Crippen molar-refractivity contribution in [1.29, 1.82) is 0 Å². The fourth-order valence-electron chi connectivity index (χ4n) is 6.46. The fraction of sp³-hybridized carbons (Fsp3) is 0.394. The van der Waals surface area contributed by atoms with Crippen LogP contribution >= 0.6 is 0 Å². The minimum atomic E-state index is -2.12. The number of amides is 3. The maximum absolute atomic E-state index is 13.8. The molecule has 0 radical (unpaired) electrons. The van der Waals surface area contributed by atoms with Crippen molar-refractivity contribution in [3.63, 3.8) is 0 Å². The number of carbonyl (C=O) groups excluding carboxylic acids is 2. The molecule has 3 aromatic rings. The molecular formula is C33H38N4O7. The summed E-state index contributed by atoms with van der Waals surface area (Å²) in [7, 11) is 1.57. The van der Waals surface area contributed by atoms with Gasteiger partial charge in [0.15, 0.2) is 5.60 Å². The second-order valence-corrected chi connectivity index (χ2v) is 12.5. The Bertz CT molecular complexity index is 1620. The van der Waals surface area contributed by atoms with Crippen molar-refractivity contribution in [2.45, 2.75) is 56.9 Å². The lowest BCUT2D eigenvalue weighted by molar-refractivity contribution is -0.160.